The van der Waals surface area contributed by atoms with E-state index in [0.717, 1.165) is 16.9 Å². The molecule has 0 saturated carbocycles. The smallest absolute Gasteiger partial charge is 0.255 e. The molecule has 3 aromatic rings. The molecule has 0 saturated heterocycles. The highest BCUT2D eigenvalue weighted by molar-refractivity contribution is 6.05. The van der Waals surface area contributed by atoms with Crippen molar-refractivity contribution in [1.82, 2.24) is 4.98 Å². The van der Waals surface area contributed by atoms with Crippen molar-refractivity contribution in [2.45, 2.75) is 6.92 Å². The number of oxazole rings is 1. The number of aryl methyl sites for hydroxylation is 1. The summed E-state index contributed by atoms with van der Waals surface area (Å²) in [6.07, 6.45) is 0. The van der Waals surface area contributed by atoms with Crippen molar-refractivity contribution in [2.24, 2.45) is 0 Å². The Hall–Kier alpha value is -2.82. The Kier molecular flexibility index (Phi) is 3.55. The molecule has 1 heterocycles. The molecule has 0 spiro atoms. The van der Waals surface area contributed by atoms with Gasteiger partial charge in [0, 0.05) is 38.0 Å². The molecule has 22 heavy (non-hydrogen) atoms. The molecule has 0 aliphatic carbocycles. The van der Waals surface area contributed by atoms with Crippen LogP contribution in [0.15, 0.2) is 46.9 Å². The predicted octanol–water partition coefficient (Wildman–Crippen LogP) is 3.45. The first-order valence-corrected chi connectivity index (χ1v) is 6.99. The molecule has 1 aromatic heterocycles. The van der Waals surface area contributed by atoms with Gasteiger partial charge >= 0.3 is 0 Å². The summed E-state index contributed by atoms with van der Waals surface area (Å²) in [7, 11) is 3.95. The van der Waals surface area contributed by atoms with E-state index in [2.05, 4.69) is 10.3 Å². The van der Waals surface area contributed by atoms with Crippen LogP contribution in [0.5, 0.6) is 0 Å². The van der Waals surface area contributed by atoms with Gasteiger partial charge in [-0.05, 0) is 42.5 Å². The van der Waals surface area contributed by atoms with Crippen LogP contribution in [-0.4, -0.2) is 25.0 Å². The van der Waals surface area contributed by atoms with Crippen LogP contribution >= 0.6 is 0 Å². The van der Waals surface area contributed by atoms with Crippen LogP contribution in [0.3, 0.4) is 0 Å². The summed E-state index contributed by atoms with van der Waals surface area (Å²) in [5.74, 6) is 0.417. The number of amides is 1. The van der Waals surface area contributed by atoms with Crippen LogP contribution in [-0.2, 0) is 0 Å². The Morgan fingerprint density at radius 3 is 2.55 bits per heavy atom. The highest BCUT2D eigenvalue weighted by Gasteiger charge is 2.10. The Morgan fingerprint density at radius 1 is 1.14 bits per heavy atom. The van der Waals surface area contributed by atoms with E-state index < -0.39 is 0 Å². The first kappa shape index (κ1) is 14.1. The number of hydrogen-bond donors (Lipinski definition) is 1. The van der Waals surface area contributed by atoms with E-state index in [1.165, 1.54) is 0 Å². The summed E-state index contributed by atoms with van der Waals surface area (Å²) in [6.45, 7) is 1.78. The maximum atomic E-state index is 12.3. The van der Waals surface area contributed by atoms with Crippen molar-refractivity contribution in [3.05, 3.63) is 53.9 Å². The van der Waals surface area contributed by atoms with Gasteiger partial charge in [-0.2, -0.15) is 0 Å². The van der Waals surface area contributed by atoms with Gasteiger partial charge in [0.15, 0.2) is 11.5 Å². The van der Waals surface area contributed by atoms with Gasteiger partial charge in [-0.15, -0.1) is 0 Å². The summed E-state index contributed by atoms with van der Waals surface area (Å²) in [5, 5.41) is 2.88. The molecular weight excluding hydrogens is 278 g/mol. The average molecular weight is 295 g/mol. The van der Waals surface area contributed by atoms with Crippen LogP contribution in [0.25, 0.3) is 11.1 Å². The second-order valence-corrected chi connectivity index (χ2v) is 5.31. The lowest BCUT2D eigenvalue weighted by atomic mass is 10.2. The molecule has 0 unspecified atom stereocenters. The number of benzene rings is 2. The summed E-state index contributed by atoms with van der Waals surface area (Å²) < 4.78 is 5.45. The number of carbonyl (C=O) groups is 1. The lowest BCUT2D eigenvalue weighted by Gasteiger charge is -2.13. The zero-order valence-corrected chi connectivity index (χ0v) is 12.8. The standard InChI is InChI=1S/C17H17N3O2/c1-11-18-15-9-4-12(10-16(15)22-11)17(21)19-13-5-7-14(8-6-13)20(2)3/h4-10H,1-3H3,(H,19,21). The molecule has 0 radical (unpaired) electrons. The van der Waals surface area contributed by atoms with Crippen molar-refractivity contribution < 1.29 is 9.21 Å². The van der Waals surface area contributed by atoms with Crippen molar-refractivity contribution in [1.29, 1.82) is 0 Å². The van der Waals surface area contributed by atoms with Crippen molar-refractivity contribution in [3.63, 3.8) is 0 Å². The zero-order valence-electron chi connectivity index (χ0n) is 12.8. The molecule has 0 fully saturated rings. The molecule has 0 aliphatic heterocycles. The minimum Gasteiger partial charge on any atom is -0.441 e. The van der Waals surface area contributed by atoms with E-state index in [9.17, 15) is 4.79 Å². The molecule has 0 aliphatic rings. The maximum Gasteiger partial charge on any atom is 0.255 e. The molecule has 0 atom stereocenters. The molecule has 1 N–H and O–H groups in total. The fraction of sp³-hybridized carbons (Fsp3) is 0.176. The number of hydrogen-bond acceptors (Lipinski definition) is 4. The topological polar surface area (TPSA) is 58.4 Å². The van der Waals surface area contributed by atoms with Crippen LogP contribution in [0.2, 0.25) is 0 Å². The number of rotatable bonds is 3. The predicted molar refractivity (Wildman–Crippen MR) is 87.5 cm³/mol. The van der Waals surface area contributed by atoms with Gasteiger partial charge < -0.3 is 14.6 Å². The minimum absolute atomic E-state index is 0.173. The van der Waals surface area contributed by atoms with Crippen LogP contribution < -0.4 is 10.2 Å². The zero-order chi connectivity index (χ0) is 15.7. The van der Waals surface area contributed by atoms with Gasteiger partial charge in [-0.3, -0.25) is 4.79 Å². The molecule has 1 amide bonds. The lowest BCUT2D eigenvalue weighted by molar-refractivity contribution is 0.102. The van der Waals surface area contributed by atoms with Gasteiger partial charge in [0.05, 0.1) is 0 Å². The minimum atomic E-state index is -0.173. The fourth-order valence-corrected chi connectivity index (χ4v) is 2.23. The molecule has 5 nitrogen and oxygen atoms in total. The maximum absolute atomic E-state index is 12.3. The quantitative estimate of drug-likeness (QED) is 0.804. The summed E-state index contributed by atoms with van der Waals surface area (Å²) >= 11 is 0. The van der Waals surface area contributed by atoms with Gasteiger partial charge in [0.2, 0.25) is 0 Å². The third kappa shape index (κ3) is 2.79. The van der Waals surface area contributed by atoms with E-state index in [1.807, 2.05) is 43.3 Å². The number of aromatic nitrogens is 1. The second kappa shape index (κ2) is 5.52. The highest BCUT2D eigenvalue weighted by Crippen LogP contribution is 2.19. The third-order valence-electron chi connectivity index (χ3n) is 3.40. The summed E-state index contributed by atoms with van der Waals surface area (Å²) in [6, 6.07) is 12.9. The average Bonchev–Trinajstić information content (AvgIpc) is 2.86. The molecule has 2 aromatic carbocycles. The highest BCUT2D eigenvalue weighted by atomic mass is 16.3. The van der Waals surface area contributed by atoms with Crippen molar-refractivity contribution in [3.8, 4) is 0 Å². The first-order chi connectivity index (χ1) is 10.5. The van der Waals surface area contributed by atoms with Gasteiger partial charge in [-0.1, -0.05) is 0 Å². The first-order valence-electron chi connectivity index (χ1n) is 6.99. The molecule has 3 rings (SSSR count). The Bertz CT molecular complexity index is 820. The lowest BCUT2D eigenvalue weighted by Crippen LogP contribution is -2.12. The van der Waals surface area contributed by atoms with E-state index in [-0.39, 0.29) is 5.91 Å². The SMILES string of the molecule is Cc1nc2ccc(C(=O)Nc3ccc(N(C)C)cc3)cc2o1. The number of nitrogens with one attached hydrogen (secondary N) is 1. The van der Waals surface area contributed by atoms with Gasteiger partial charge in [-0.25, -0.2) is 4.98 Å². The number of fused-ring (bicyclic) bond motifs is 1. The Labute approximate surface area is 128 Å². The van der Waals surface area contributed by atoms with E-state index in [0.29, 0.717) is 17.0 Å². The fourth-order valence-electron chi connectivity index (χ4n) is 2.23. The largest absolute Gasteiger partial charge is 0.441 e. The monoisotopic (exact) mass is 295 g/mol. The van der Waals surface area contributed by atoms with Gasteiger partial charge in [0.25, 0.3) is 5.91 Å². The van der Waals surface area contributed by atoms with Gasteiger partial charge in [0.1, 0.15) is 5.52 Å². The summed E-state index contributed by atoms with van der Waals surface area (Å²) in [4.78, 5) is 18.5. The number of nitrogens with zero attached hydrogens (tertiary/aromatic N) is 2. The van der Waals surface area contributed by atoms with E-state index in [1.54, 1.807) is 25.1 Å². The van der Waals surface area contributed by atoms with Crippen LogP contribution in [0.4, 0.5) is 11.4 Å². The van der Waals surface area contributed by atoms with E-state index in [4.69, 9.17) is 4.42 Å². The summed E-state index contributed by atoms with van der Waals surface area (Å²) in [5.41, 5.74) is 3.75. The number of carbonyl (C=O) groups excluding carboxylic acids is 1. The van der Waals surface area contributed by atoms with E-state index >= 15 is 0 Å². The molecule has 5 heteroatoms. The Morgan fingerprint density at radius 2 is 1.86 bits per heavy atom. The van der Waals surface area contributed by atoms with Crippen molar-refractivity contribution >= 4 is 28.4 Å². The molecule has 0 bridgehead atoms. The third-order valence-corrected chi connectivity index (χ3v) is 3.40. The molecular formula is C17H17N3O2. The van der Waals surface area contributed by atoms with Crippen molar-refractivity contribution in [2.75, 3.05) is 24.3 Å². The van der Waals surface area contributed by atoms with Crippen LogP contribution in [0.1, 0.15) is 16.2 Å². The number of anilines is 2. The second-order valence-electron chi connectivity index (χ2n) is 5.31. The Balaban J connectivity index is 1.80. The normalized spacial score (nSPS) is 10.7. The molecule has 112 valence electrons. The van der Waals surface area contributed by atoms with Crippen LogP contribution in [0, 0.1) is 6.92 Å².